The summed E-state index contributed by atoms with van der Waals surface area (Å²) in [6, 6.07) is 21.5. The maximum Gasteiger partial charge on any atom is 0.253 e. The van der Waals surface area contributed by atoms with E-state index < -0.39 is 21.2 Å². The summed E-state index contributed by atoms with van der Waals surface area (Å²) >= 11 is 0. The summed E-state index contributed by atoms with van der Waals surface area (Å²) in [5, 5.41) is 9.03. The van der Waals surface area contributed by atoms with Gasteiger partial charge in [-0.1, -0.05) is 36.4 Å². The number of nitrogens with one attached hydrogen (secondary N) is 1. The molecule has 0 saturated heterocycles. The van der Waals surface area contributed by atoms with Crippen molar-refractivity contribution in [2.45, 2.75) is 29.1 Å². The minimum absolute atomic E-state index is 0.00493. The normalized spacial score (nSPS) is 11.7. The molecule has 6 nitrogen and oxygen atoms in total. The van der Waals surface area contributed by atoms with Crippen LogP contribution in [0.4, 0.5) is 0 Å². The van der Waals surface area contributed by atoms with Gasteiger partial charge in [0, 0.05) is 0 Å². The van der Waals surface area contributed by atoms with Gasteiger partial charge in [-0.3, -0.25) is 10.0 Å². The second kappa shape index (κ2) is 8.06. The molecule has 0 saturated carbocycles. The molecule has 1 amide bonds. The Hall–Kier alpha value is -3.16. The Morgan fingerprint density at radius 1 is 0.862 bits per heavy atom. The van der Waals surface area contributed by atoms with Gasteiger partial charge >= 0.3 is 0 Å². The van der Waals surface area contributed by atoms with Gasteiger partial charge in [0.25, 0.3) is 5.91 Å². The van der Waals surface area contributed by atoms with E-state index in [4.69, 9.17) is 9.94 Å². The fourth-order valence-corrected chi connectivity index (χ4v) is 4.54. The Balaban J connectivity index is 1.97. The van der Waals surface area contributed by atoms with E-state index >= 15 is 0 Å². The summed E-state index contributed by atoms with van der Waals surface area (Å²) in [6.45, 7) is 3.09. The molecule has 3 aromatic carbocycles. The molecule has 0 aliphatic heterocycles. The number of para-hydroxylation sites is 1. The lowest BCUT2D eigenvalue weighted by molar-refractivity contribution is -0.134. The average Bonchev–Trinajstić information content (AvgIpc) is 2.74. The maximum atomic E-state index is 13.2. The number of carbonyl (C=O) groups is 1. The van der Waals surface area contributed by atoms with Crippen molar-refractivity contribution >= 4 is 15.7 Å². The number of hydroxylamine groups is 1. The molecule has 0 fully saturated rings. The predicted molar refractivity (Wildman–Crippen MR) is 108 cm³/mol. The van der Waals surface area contributed by atoms with E-state index in [2.05, 4.69) is 0 Å². The van der Waals surface area contributed by atoms with Gasteiger partial charge in [0.2, 0.25) is 9.84 Å². The lowest BCUT2D eigenvalue weighted by atomic mass is 9.84. The average molecular weight is 411 g/mol. The van der Waals surface area contributed by atoms with Gasteiger partial charge in [0.05, 0.1) is 15.2 Å². The van der Waals surface area contributed by atoms with Crippen LogP contribution in [-0.4, -0.2) is 19.5 Å². The molecular weight excluding hydrogens is 390 g/mol. The minimum atomic E-state index is -3.90. The van der Waals surface area contributed by atoms with Crippen molar-refractivity contribution in [3.63, 3.8) is 0 Å². The predicted octanol–water partition coefficient (Wildman–Crippen LogP) is 4.09. The van der Waals surface area contributed by atoms with Gasteiger partial charge < -0.3 is 4.74 Å². The maximum absolute atomic E-state index is 13.2. The van der Waals surface area contributed by atoms with Gasteiger partial charge in [-0.25, -0.2) is 13.9 Å². The first-order valence-electron chi connectivity index (χ1n) is 8.89. The molecule has 0 atom stereocenters. The molecule has 150 valence electrons. The highest BCUT2D eigenvalue weighted by Crippen LogP contribution is 2.33. The fraction of sp³-hybridized carbons (Fsp3) is 0.136. The molecule has 0 heterocycles. The van der Waals surface area contributed by atoms with Crippen LogP contribution in [0.3, 0.4) is 0 Å². The Kier molecular flexibility index (Phi) is 5.72. The highest BCUT2D eigenvalue weighted by atomic mass is 32.2. The standard InChI is InChI=1S/C22H21NO5S/c1-22(2,21(24)23-25)19-10-6-7-11-20(19)29(26,27)18-14-12-17(13-15-18)28-16-8-4-3-5-9-16/h3-15,25H,1-2H3,(H,23,24). The quantitative estimate of drug-likeness (QED) is 0.471. The number of benzene rings is 3. The van der Waals surface area contributed by atoms with E-state index in [9.17, 15) is 13.2 Å². The summed E-state index contributed by atoms with van der Waals surface area (Å²) < 4.78 is 32.2. The Labute approximate surface area is 169 Å². The zero-order valence-corrected chi connectivity index (χ0v) is 16.8. The second-order valence-electron chi connectivity index (χ2n) is 6.95. The highest BCUT2D eigenvalue weighted by molar-refractivity contribution is 7.91. The summed E-state index contributed by atoms with van der Waals surface area (Å²) in [6.07, 6.45) is 0. The van der Waals surface area contributed by atoms with Crippen LogP contribution in [0.15, 0.2) is 88.7 Å². The van der Waals surface area contributed by atoms with Gasteiger partial charge in [0.15, 0.2) is 0 Å². The van der Waals surface area contributed by atoms with E-state index in [1.807, 2.05) is 18.2 Å². The number of sulfone groups is 1. The number of ether oxygens (including phenoxy) is 1. The van der Waals surface area contributed by atoms with E-state index in [-0.39, 0.29) is 15.4 Å². The monoisotopic (exact) mass is 411 g/mol. The molecule has 3 aromatic rings. The molecule has 0 aliphatic carbocycles. The van der Waals surface area contributed by atoms with Crippen molar-refractivity contribution in [1.82, 2.24) is 5.48 Å². The molecule has 2 N–H and O–H groups in total. The summed E-state index contributed by atoms with van der Waals surface area (Å²) in [4.78, 5) is 12.2. The first-order valence-corrected chi connectivity index (χ1v) is 10.4. The van der Waals surface area contributed by atoms with Crippen molar-refractivity contribution in [2.24, 2.45) is 0 Å². The van der Waals surface area contributed by atoms with Crippen molar-refractivity contribution in [3.8, 4) is 11.5 Å². The first kappa shape index (κ1) is 20.6. The fourth-order valence-electron chi connectivity index (χ4n) is 2.92. The molecule has 29 heavy (non-hydrogen) atoms. The largest absolute Gasteiger partial charge is 0.457 e. The number of hydrogen-bond acceptors (Lipinski definition) is 5. The van der Waals surface area contributed by atoms with Crippen LogP contribution in [-0.2, 0) is 20.0 Å². The van der Waals surface area contributed by atoms with Crippen molar-refractivity contribution in [2.75, 3.05) is 0 Å². The summed E-state index contributed by atoms with van der Waals surface area (Å²) in [5.41, 5.74) is 0.635. The summed E-state index contributed by atoms with van der Waals surface area (Å²) in [5.74, 6) is 0.445. The zero-order valence-electron chi connectivity index (χ0n) is 16.0. The van der Waals surface area contributed by atoms with Crippen LogP contribution in [0, 0.1) is 0 Å². The van der Waals surface area contributed by atoms with Gasteiger partial charge in [0.1, 0.15) is 11.5 Å². The van der Waals surface area contributed by atoms with Crippen molar-refractivity contribution in [3.05, 3.63) is 84.4 Å². The smallest absolute Gasteiger partial charge is 0.253 e. The third-order valence-corrected chi connectivity index (χ3v) is 6.46. The molecule has 0 unspecified atom stereocenters. The number of carbonyl (C=O) groups excluding carboxylic acids is 1. The lowest BCUT2D eigenvalue weighted by Gasteiger charge is -2.25. The van der Waals surface area contributed by atoms with E-state index in [0.29, 0.717) is 11.5 Å². The molecule has 0 aromatic heterocycles. The topological polar surface area (TPSA) is 92.7 Å². The summed E-state index contributed by atoms with van der Waals surface area (Å²) in [7, 11) is -3.90. The first-order chi connectivity index (χ1) is 13.8. The Morgan fingerprint density at radius 2 is 1.41 bits per heavy atom. The van der Waals surface area contributed by atoms with Crippen LogP contribution < -0.4 is 10.2 Å². The molecule has 7 heteroatoms. The van der Waals surface area contributed by atoms with Crippen LogP contribution in [0.25, 0.3) is 0 Å². The number of amides is 1. The number of hydrogen-bond donors (Lipinski definition) is 2. The van der Waals surface area contributed by atoms with Crippen molar-refractivity contribution < 1.29 is 23.2 Å². The second-order valence-corrected chi connectivity index (χ2v) is 8.87. The molecule has 3 rings (SSSR count). The molecular formula is C22H21NO5S. The van der Waals surface area contributed by atoms with Crippen LogP contribution in [0.2, 0.25) is 0 Å². The van der Waals surface area contributed by atoms with Gasteiger partial charge in [-0.05, 0) is 61.9 Å². The minimum Gasteiger partial charge on any atom is -0.457 e. The number of rotatable bonds is 6. The van der Waals surface area contributed by atoms with E-state index in [1.54, 1.807) is 61.8 Å². The molecule has 0 aliphatic rings. The third-order valence-electron chi connectivity index (χ3n) is 4.63. The van der Waals surface area contributed by atoms with Crippen molar-refractivity contribution in [1.29, 1.82) is 0 Å². The molecule has 0 spiro atoms. The highest BCUT2D eigenvalue weighted by Gasteiger charge is 2.35. The van der Waals surface area contributed by atoms with Gasteiger partial charge in [-0.15, -0.1) is 0 Å². The SMILES string of the molecule is CC(C)(C(=O)NO)c1ccccc1S(=O)(=O)c1ccc(Oc2ccccc2)cc1. The molecule has 0 radical (unpaired) electrons. The lowest BCUT2D eigenvalue weighted by Crippen LogP contribution is -2.39. The third kappa shape index (κ3) is 4.16. The molecule has 0 bridgehead atoms. The Morgan fingerprint density at radius 3 is 2.03 bits per heavy atom. The van der Waals surface area contributed by atoms with Crippen LogP contribution in [0.5, 0.6) is 11.5 Å². The van der Waals surface area contributed by atoms with E-state index in [1.165, 1.54) is 18.2 Å². The Bertz CT molecular complexity index is 1110. The van der Waals surface area contributed by atoms with Crippen LogP contribution in [0.1, 0.15) is 19.4 Å². The van der Waals surface area contributed by atoms with Gasteiger partial charge in [-0.2, -0.15) is 0 Å². The van der Waals surface area contributed by atoms with E-state index in [0.717, 1.165) is 0 Å². The zero-order chi connectivity index (χ0) is 21.1. The van der Waals surface area contributed by atoms with Crippen LogP contribution >= 0.6 is 0 Å².